The van der Waals surface area contributed by atoms with E-state index in [0.717, 1.165) is 35.6 Å². The molecule has 1 unspecified atom stereocenters. The van der Waals surface area contributed by atoms with Crippen molar-refractivity contribution in [2.75, 3.05) is 0 Å². The minimum absolute atomic E-state index is 0.255. The molecule has 1 N–H and O–H groups in total. The summed E-state index contributed by atoms with van der Waals surface area (Å²) in [4.78, 5) is 5.76. The van der Waals surface area contributed by atoms with Crippen LogP contribution in [0.15, 0.2) is 0 Å². The average Bonchev–Trinajstić information content (AvgIpc) is 2.58. The second kappa shape index (κ2) is 4.67. The summed E-state index contributed by atoms with van der Waals surface area (Å²) in [5.74, 6) is 0.966. The number of rotatable bonds is 2. The number of hydrogen-bond acceptors (Lipinski definition) is 4. The van der Waals surface area contributed by atoms with Crippen molar-refractivity contribution in [2.45, 2.75) is 56.6 Å². The summed E-state index contributed by atoms with van der Waals surface area (Å²) in [5.41, 5.74) is 1.15. The van der Waals surface area contributed by atoms with E-state index in [9.17, 15) is 5.11 Å². The largest absolute Gasteiger partial charge is 0.388 e. The summed E-state index contributed by atoms with van der Waals surface area (Å²) in [6.07, 6.45) is 2.77. The van der Waals surface area contributed by atoms with Gasteiger partial charge in [0, 0.05) is 10.5 Å². The summed E-state index contributed by atoms with van der Waals surface area (Å²) < 4.78 is 0.283. The van der Waals surface area contributed by atoms with Gasteiger partial charge in [0.05, 0.1) is 16.7 Å². The molecule has 0 spiro atoms. The van der Waals surface area contributed by atoms with Crippen LogP contribution in [-0.4, -0.2) is 14.8 Å². The fourth-order valence-corrected chi connectivity index (χ4v) is 3.75. The van der Waals surface area contributed by atoms with E-state index in [1.165, 1.54) is 5.01 Å². The molecule has 0 aliphatic heterocycles. The Balaban J connectivity index is 2.07. The number of aromatic nitrogens is 1. The van der Waals surface area contributed by atoms with Crippen molar-refractivity contribution < 1.29 is 5.11 Å². The predicted molar refractivity (Wildman–Crippen MR) is 71.1 cm³/mol. The number of aryl methyl sites for hydroxylation is 1. The standard InChI is InChI=1S/C12H19NOS2/c1-12(2,3)15-7-10-13-8-5-4-6-9(14)11(8)16-10/h9,14H,4-7H2,1-3H3. The predicted octanol–water partition coefficient (Wildman–Crippen LogP) is 3.54. The van der Waals surface area contributed by atoms with Crippen LogP contribution in [0.5, 0.6) is 0 Å². The van der Waals surface area contributed by atoms with Crippen LogP contribution in [0, 0.1) is 0 Å². The molecule has 0 saturated carbocycles. The fraction of sp³-hybridized carbons (Fsp3) is 0.750. The summed E-state index contributed by atoms with van der Waals surface area (Å²) in [7, 11) is 0. The van der Waals surface area contributed by atoms with Crippen molar-refractivity contribution >= 4 is 23.1 Å². The van der Waals surface area contributed by atoms with Gasteiger partial charge in [-0.2, -0.15) is 0 Å². The van der Waals surface area contributed by atoms with Crippen LogP contribution in [0.2, 0.25) is 0 Å². The van der Waals surface area contributed by atoms with Gasteiger partial charge in [-0.25, -0.2) is 4.98 Å². The van der Waals surface area contributed by atoms with E-state index in [1.807, 2.05) is 11.8 Å². The zero-order valence-corrected chi connectivity index (χ0v) is 11.7. The molecule has 0 aromatic carbocycles. The maximum Gasteiger partial charge on any atom is 0.103 e. The molecule has 1 aromatic heterocycles. The van der Waals surface area contributed by atoms with Gasteiger partial charge in [0.25, 0.3) is 0 Å². The van der Waals surface area contributed by atoms with Crippen LogP contribution in [0.4, 0.5) is 0 Å². The van der Waals surface area contributed by atoms with Crippen LogP contribution in [0.3, 0.4) is 0 Å². The Morgan fingerprint density at radius 3 is 2.88 bits per heavy atom. The number of nitrogens with zero attached hydrogens (tertiary/aromatic N) is 1. The zero-order valence-electron chi connectivity index (χ0n) is 10.1. The number of thiazole rings is 1. The molecule has 0 radical (unpaired) electrons. The molecule has 1 atom stereocenters. The van der Waals surface area contributed by atoms with Gasteiger partial charge >= 0.3 is 0 Å². The van der Waals surface area contributed by atoms with Crippen molar-refractivity contribution in [3.63, 3.8) is 0 Å². The van der Waals surface area contributed by atoms with Gasteiger partial charge in [-0.05, 0) is 19.3 Å². The highest BCUT2D eigenvalue weighted by Crippen LogP contribution is 2.36. The van der Waals surface area contributed by atoms with E-state index in [-0.39, 0.29) is 10.9 Å². The molecule has 90 valence electrons. The Hall–Kier alpha value is -0.0600. The Bertz CT molecular complexity index is 368. The van der Waals surface area contributed by atoms with E-state index < -0.39 is 0 Å². The van der Waals surface area contributed by atoms with Crippen molar-refractivity contribution in [1.29, 1.82) is 0 Å². The second-order valence-electron chi connectivity index (χ2n) is 5.23. The van der Waals surface area contributed by atoms with Gasteiger partial charge in [0.15, 0.2) is 0 Å². The summed E-state index contributed by atoms with van der Waals surface area (Å²) in [5, 5.41) is 11.0. The highest BCUT2D eigenvalue weighted by molar-refractivity contribution is 7.99. The molecule has 16 heavy (non-hydrogen) atoms. The normalized spacial score (nSPS) is 20.9. The van der Waals surface area contributed by atoms with Crippen molar-refractivity contribution in [1.82, 2.24) is 4.98 Å². The Morgan fingerprint density at radius 2 is 2.25 bits per heavy atom. The minimum atomic E-state index is -0.255. The highest BCUT2D eigenvalue weighted by Gasteiger charge is 2.23. The number of aliphatic hydroxyl groups is 1. The van der Waals surface area contributed by atoms with Crippen LogP contribution in [0.25, 0.3) is 0 Å². The molecule has 1 aromatic rings. The van der Waals surface area contributed by atoms with Crippen molar-refractivity contribution in [3.05, 3.63) is 15.6 Å². The maximum atomic E-state index is 9.87. The lowest BCUT2D eigenvalue weighted by Gasteiger charge is -2.16. The lowest BCUT2D eigenvalue weighted by Crippen LogP contribution is -2.07. The molecule has 0 bridgehead atoms. The lowest BCUT2D eigenvalue weighted by atomic mass is 10.0. The van der Waals surface area contributed by atoms with Crippen LogP contribution in [0.1, 0.15) is 55.3 Å². The van der Waals surface area contributed by atoms with Gasteiger partial charge in [0.2, 0.25) is 0 Å². The van der Waals surface area contributed by atoms with E-state index in [1.54, 1.807) is 11.3 Å². The lowest BCUT2D eigenvalue weighted by molar-refractivity contribution is 0.160. The molecule has 2 nitrogen and oxygen atoms in total. The minimum Gasteiger partial charge on any atom is -0.388 e. The maximum absolute atomic E-state index is 9.87. The van der Waals surface area contributed by atoms with Crippen molar-refractivity contribution in [3.8, 4) is 0 Å². The summed E-state index contributed by atoms with van der Waals surface area (Å²) in [6, 6.07) is 0. The Morgan fingerprint density at radius 1 is 1.50 bits per heavy atom. The van der Waals surface area contributed by atoms with E-state index >= 15 is 0 Å². The Labute approximate surface area is 105 Å². The number of fused-ring (bicyclic) bond motifs is 1. The first kappa shape index (κ1) is 12.4. The smallest absolute Gasteiger partial charge is 0.103 e. The number of thioether (sulfide) groups is 1. The van der Waals surface area contributed by atoms with Crippen molar-refractivity contribution in [2.24, 2.45) is 0 Å². The first-order chi connectivity index (χ1) is 7.46. The molecule has 0 amide bonds. The third-order valence-corrected chi connectivity index (χ3v) is 5.26. The summed E-state index contributed by atoms with van der Waals surface area (Å²) in [6.45, 7) is 6.67. The number of hydrogen-bond donors (Lipinski definition) is 1. The molecular formula is C12H19NOS2. The average molecular weight is 257 g/mol. The quantitative estimate of drug-likeness (QED) is 0.879. The highest BCUT2D eigenvalue weighted by atomic mass is 32.2. The van der Waals surface area contributed by atoms with Crippen LogP contribution < -0.4 is 0 Å². The van der Waals surface area contributed by atoms with E-state index in [0.29, 0.717) is 0 Å². The molecule has 1 aliphatic rings. The first-order valence-electron chi connectivity index (χ1n) is 5.76. The zero-order chi connectivity index (χ0) is 11.8. The third-order valence-electron chi connectivity index (χ3n) is 2.59. The molecule has 2 rings (SSSR count). The molecule has 1 aliphatic carbocycles. The third kappa shape index (κ3) is 2.99. The monoisotopic (exact) mass is 257 g/mol. The van der Waals surface area contributed by atoms with Crippen LogP contribution >= 0.6 is 23.1 Å². The van der Waals surface area contributed by atoms with Gasteiger partial charge in [-0.15, -0.1) is 23.1 Å². The molecule has 4 heteroatoms. The Kier molecular flexibility index (Phi) is 3.62. The molecule has 0 fully saturated rings. The van der Waals surface area contributed by atoms with E-state index in [2.05, 4.69) is 25.8 Å². The van der Waals surface area contributed by atoms with Gasteiger partial charge < -0.3 is 5.11 Å². The van der Waals surface area contributed by atoms with Crippen LogP contribution in [-0.2, 0) is 12.2 Å². The molecular weight excluding hydrogens is 238 g/mol. The topological polar surface area (TPSA) is 33.1 Å². The molecule has 0 saturated heterocycles. The van der Waals surface area contributed by atoms with Gasteiger partial charge in [0.1, 0.15) is 5.01 Å². The van der Waals surface area contributed by atoms with Gasteiger partial charge in [-0.3, -0.25) is 0 Å². The first-order valence-corrected chi connectivity index (χ1v) is 7.56. The second-order valence-corrected chi connectivity index (χ2v) is 8.14. The summed E-state index contributed by atoms with van der Waals surface area (Å²) >= 11 is 3.62. The van der Waals surface area contributed by atoms with E-state index in [4.69, 9.17) is 0 Å². The number of aliphatic hydroxyl groups excluding tert-OH is 1. The van der Waals surface area contributed by atoms with Gasteiger partial charge in [-0.1, -0.05) is 20.8 Å². The molecule has 1 heterocycles. The SMILES string of the molecule is CC(C)(C)SCc1nc2c(s1)C(O)CCC2. The fourth-order valence-electron chi connectivity index (χ4n) is 1.79.